The van der Waals surface area contributed by atoms with Gasteiger partial charge in [-0.1, -0.05) is 68.7 Å². The SMILES string of the molecule is CCCN(CC(=O)N(CCC)CC(=O)N(CCC)CC(=O)N(CC(N)=O)CC1CN(CCCNC(=O)CCCOC2C(C(C)(C)C)CC(C3NC4CCC(N5CCN(C)CC5)CC4N3)CC2C(C)(C)C)NN1)C(=O)CCCOC1CCCC(C2NC3CCC(C4NC5CCC(N6CCN(C)CC6)CC5N4)CC3N2)C1. The molecule has 0 aromatic heterocycles. The van der Waals surface area contributed by atoms with E-state index in [9.17, 15) is 28.8 Å². The largest absolute Gasteiger partial charge is 0.378 e. The van der Waals surface area contributed by atoms with Crippen molar-refractivity contribution < 1.29 is 38.2 Å². The molecule has 27 heteroatoms. The van der Waals surface area contributed by atoms with Gasteiger partial charge >= 0.3 is 0 Å². The molecule has 11 N–H and O–H groups in total. The van der Waals surface area contributed by atoms with E-state index in [4.69, 9.17) is 15.2 Å². The van der Waals surface area contributed by atoms with Gasteiger partial charge in [0.2, 0.25) is 35.4 Å². The van der Waals surface area contributed by atoms with Crippen LogP contribution in [0.5, 0.6) is 0 Å². The van der Waals surface area contributed by atoms with Crippen molar-refractivity contribution >= 4 is 35.4 Å². The number of nitrogens with zero attached hydrogens (tertiary/aromatic N) is 9. The highest BCUT2D eigenvalue weighted by Gasteiger charge is 2.53. The number of rotatable bonds is 35. The standard InChI is InChI=1S/C82H151N19O8/c1-12-30-97(73(104)22-17-42-108-62-20-15-19-56(44-62)78-85-65-26-23-57(47-68(65)88-78)79-86-66-27-24-60(48-69(66)89-79)95-38-34-93(10)35-39-95)53-74(105)98(31-13-2)54-75(106)99(32-14-3)55-76(107)100(52-71(83)102)50-59-51-101(92-91-59)33-18-29-84-72(103)21-16-43-109-77-63(81(4,5)6)45-58(46-64(77)82(7,8)9)80-87-67-28-25-61(49-70(67)90-80)96-40-36-94(11)37-41-96/h56-70,77-80,85-92H,12-55H2,1-11H3,(H2,83,102)(H,84,103). The van der Waals surface area contributed by atoms with Gasteiger partial charge in [0.1, 0.15) is 0 Å². The molecule has 0 bridgehead atoms. The van der Waals surface area contributed by atoms with E-state index >= 15 is 0 Å². The number of fused-ring (bicyclic) bond motifs is 3. The Balaban J connectivity index is 0.559. The first-order valence-corrected chi connectivity index (χ1v) is 43.9. The molecule has 5 aliphatic carbocycles. The zero-order valence-corrected chi connectivity index (χ0v) is 69.5. The van der Waals surface area contributed by atoms with Gasteiger partial charge in [-0.3, -0.25) is 70.5 Å². The first-order valence-electron chi connectivity index (χ1n) is 43.9. The molecule has 11 aliphatic rings. The van der Waals surface area contributed by atoms with Gasteiger partial charge in [0.15, 0.2) is 0 Å². The number of hydrogen-bond acceptors (Lipinski definition) is 21. The minimum atomic E-state index is -0.670. The van der Waals surface area contributed by atoms with Crippen molar-refractivity contribution in [3.8, 4) is 0 Å². The molecular formula is C82H151N19O8. The Labute approximate surface area is 655 Å². The maximum absolute atomic E-state index is 14.2. The van der Waals surface area contributed by atoms with E-state index in [1.54, 1.807) is 4.90 Å². The summed E-state index contributed by atoms with van der Waals surface area (Å²) < 4.78 is 13.5. The summed E-state index contributed by atoms with van der Waals surface area (Å²) in [6.07, 6.45) is 23.4. The third-order valence-corrected chi connectivity index (χ3v) is 27.4. The lowest BCUT2D eigenvalue weighted by molar-refractivity contribution is -0.146. The summed E-state index contributed by atoms with van der Waals surface area (Å²) in [5.41, 5.74) is 12.3. The number of carbonyl (C=O) groups excluding carboxylic acids is 6. The number of hydrogen-bond donors (Lipinski definition) is 10. The quantitative estimate of drug-likeness (QED) is 0.0406. The van der Waals surface area contributed by atoms with Crippen LogP contribution in [-0.2, 0) is 38.2 Å². The van der Waals surface area contributed by atoms with Crippen molar-refractivity contribution in [3.05, 3.63) is 0 Å². The van der Waals surface area contributed by atoms with Gasteiger partial charge in [-0.2, -0.15) is 5.53 Å². The van der Waals surface area contributed by atoms with E-state index in [0.717, 1.165) is 32.1 Å². The molecule has 5 saturated carbocycles. The van der Waals surface area contributed by atoms with Crippen LogP contribution >= 0.6 is 0 Å². The van der Waals surface area contributed by atoms with Crippen molar-refractivity contribution in [3.63, 3.8) is 0 Å². The van der Waals surface area contributed by atoms with Gasteiger partial charge in [0, 0.05) is 173 Å². The molecule has 109 heavy (non-hydrogen) atoms. The molecule has 11 rings (SSSR count). The van der Waals surface area contributed by atoms with Crippen molar-refractivity contribution in [1.29, 1.82) is 0 Å². The molecular weight excluding hydrogens is 1380 g/mol. The normalized spacial score (nSPS) is 33.8. The van der Waals surface area contributed by atoms with Crippen LogP contribution in [0.15, 0.2) is 0 Å². The number of ether oxygens (including phenoxy) is 2. The number of nitrogens with two attached hydrogens (primary N) is 1. The maximum Gasteiger partial charge on any atom is 0.242 e. The molecule has 11 fully saturated rings. The second kappa shape index (κ2) is 40.7. The topological polar surface area (TPSA) is 284 Å². The highest BCUT2D eigenvalue weighted by Crippen LogP contribution is 2.51. The summed E-state index contributed by atoms with van der Waals surface area (Å²) in [7, 11) is 4.49. The number of carbonyl (C=O) groups is 6. The summed E-state index contributed by atoms with van der Waals surface area (Å²) in [5.74, 6) is 0.506. The van der Waals surface area contributed by atoms with Gasteiger partial charge in [0.05, 0.1) is 62.9 Å². The molecule has 6 heterocycles. The predicted molar refractivity (Wildman–Crippen MR) is 428 cm³/mol. The van der Waals surface area contributed by atoms with E-state index in [-0.39, 0.29) is 105 Å². The van der Waals surface area contributed by atoms with Crippen molar-refractivity contribution in [2.24, 2.45) is 46.2 Å². The van der Waals surface area contributed by atoms with Crippen LogP contribution < -0.4 is 53.9 Å². The van der Waals surface area contributed by atoms with Crippen molar-refractivity contribution in [2.75, 3.05) is 152 Å². The zero-order chi connectivity index (χ0) is 77.5. The Morgan fingerprint density at radius 2 is 0.954 bits per heavy atom. The number of piperazine rings is 2. The highest BCUT2D eigenvalue weighted by atomic mass is 16.5. The molecule has 17 unspecified atom stereocenters. The fourth-order valence-electron chi connectivity index (χ4n) is 21.1. The smallest absolute Gasteiger partial charge is 0.242 e. The summed E-state index contributed by atoms with van der Waals surface area (Å²) >= 11 is 0. The molecule has 6 amide bonds. The Hall–Kier alpha value is -3.78. The van der Waals surface area contributed by atoms with Crippen molar-refractivity contribution in [1.82, 2.24) is 92.4 Å². The van der Waals surface area contributed by atoms with Crippen molar-refractivity contribution in [2.45, 2.75) is 295 Å². The molecule has 0 aromatic carbocycles. The summed E-state index contributed by atoms with van der Waals surface area (Å²) in [5, 5.41) is 29.7. The first kappa shape index (κ1) is 86.1. The summed E-state index contributed by atoms with van der Waals surface area (Å²) in [6.45, 7) is 32.4. The molecule has 0 radical (unpaired) electrons. The Kier molecular flexibility index (Phi) is 32.1. The third kappa shape index (κ3) is 24.2. The Morgan fingerprint density at radius 3 is 1.48 bits per heavy atom. The summed E-state index contributed by atoms with van der Waals surface area (Å²) in [6, 6.07) is 4.34. The average molecular weight is 1530 g/mol. The fourth-order valence-corrected chi connectivity index (χ4v) is 21.1. The molecule has 27 nitrogen and oxygen atoms in total. The second-order valence-electron chi connectivity index (χ2n) is 37.7. The first-order chi connectivity index (χ1) is 52.3. The number of hydrazine groups is 2. The highest BCUT2D eigenvalue weighted by molar-refractivity contribution is 5.91. The van der Waals surface area contributed by atoms with E-state index in [0.29, 0.717) is 181 Å². The molecule has 0 spiro atoms. The number of nitrogens with one attached hydrogen (secondary N) is 9. The van der Waals surface area contributed by atoms with Gasteiger partial charge in [0.25, 0.3) is 0 Å². The van der Waals surface area contributed by atoms with Crippen LogP contribution in [0.25, 0.3) is 0 Å². The van der Waals surface area contributed by atoms with Gasteiger partial charge in [-0.05, 0) is 183 Å². The van der Waals surface area contributed by atoms with Gasteiger partial charge < -0.3 is 49.9 Å². The third-order valence-electron chi connectivity index (χ3n) is 27.4. The predicted octanol–water partition coefficient (Wildman–Crippen LogP) is 3.64. The van der Waals surface area contributed by atoms with E-state index in [1.807, 2.05) is 25.8 Å². The maximum atomic E-state index is 14.2. The second-order valence-corrected chi connectivity index (χ2v) is 37.7. The van der Waals surface area contributed by atoms with Gasteiger partial charge in [-0.25, -0.2) is 10.4 Å². The minimum absolute atomic E-state index is 0.00930. The van der Waals surface area contributed by atoms with Crippen LogP contribution in [0, 0.1) is 40.4 Å². The van der Waals surface area contributed by atoms with Crippen LogP contribution in [0.2, 0.25) is 0 Å². The van der Waals surface area contributed by atoms with Crippen LogP contribution in [0.3, 0.4) is 0 Å². The lowest BCUT2D eigenvalue weighted by Crippen LogP contribution is -2.54. The fraction of sp³-hybridized carbons (Fsp3) is 0.927. The molecule has 6 saturated heterocycles. The monoisotopic (exact) mass is 1530 g/mol. The molecule has 6 aliphatic heterocycles. The van der Waals surface area contributed by atoms with E-state index in [2.05, 4.69) is 123 Å². The number of primary amides is 1. The Bertz CT molecular complexity index is 2850. The van der Waals surface area contributed by atoms with E-state index < -0.39 is 11.8 Å². The van der Waals surface area contributed by atoms with E-state index in [1.165, 1.54) is 131 Å². The number of amides is 6. The van der Waals surface area contributed by atoms with Crippen LogP contribution in [0.1, 0.15) is 210 Å². The average Bonchev–Trinajstić information content (AvgIpc) is 1.75. The molecule has 622 valence electrons. The molecule has 17 atom stereocenters. The number of likely N-dealkylation sites (N-methyl/N-ethyl adjacent to an activating group) is 2. The summed E-state index contributed by atoms with van der Waals surface area (Å²) in [4.78, 5) is 98.6. The van der Waals surface area contributed by atoms with Gasteiger partial charge in [-0.15, -0.1) is 0 Å². The van der Waals surface area contributed by atoms with Crippen LogP contribution in [0.4, 0.5) is 0 Å². The lowest BCUT2D eigenvalue weighted by atomic mass is 9.58. The zero-order valence-electron chi connectivity index (χ0n) is 69.5. The van der Waals surface area contributed by atoms with Crippen LogP contribution in [-0.4, -0.2) is 316 Å². The molecule has 0 aromatic rings. The lowest BCUT2D eigenvalue weighted by Gasteiger charge is -2.52. The Morgan fingerprint density at radius 1 is 0.486 bits per heavy atom. The minimum Gasteiger partial charge on any atom is -0.378 e.